The maximum atomic E-state index is 9.35. The molecular formula is C11H11NOS. The molecule has 2 aromatic rings. The lowest BCUT2D eigenvalue weighted by molar-refractivity contribution is 0.203. The average Bonchev–Trinajstić information content (AvgIpc) is 2.68. The Morgan fingerprint density at radius 1 is 1.29 bits per heavy atom. The van der Waals surface area contributed by atoms with Gasteiger partial charge >= 0.3 is 0 Å². The maximum absolute atomic E-state index is 9.35. The van der Waals surface area contributed by atoms with E-state index in [0.717, 1.165) is 15.4 Å². The van der Waals surface area contributed by atoms with Gasteiger partial charge in [-0.2, -0.15) is 0 Å². The van der Waals surface area contributed by atoms with E-state index in [-0.39, 0.29) is 0 Å². The smallest absolute Gasteiger partial charge is 0.123 e. The maximum Gasteiger partial charge on any atom is 0.123 e. The molecular weight excluding hydrogens is 194 g/mol. The average molecular weight is 205 g/mol. The van der Waals surface area contributed by atoms with Crippen LogP contribution < -0.4 is 0 Å². The normalized spacial score (nSPS) is 12.7. The molecule has 0 spiro atoms. The molecule has 3 heteroatoms. The number of aromatic nitrogens is 1. The largest absolute Gasteiger partial charge is 0.388 e. The molecule has 0 saturated carbocycles. The van der Waals surface area contributed by atoms with Gasteiger partial charge in [0.05, 0.1) is 11.0 Å². The highest BCUT2D eigenvalue weighted by Crippen LogP contribution is 2.27. The minimum atomic E-state index is -0.426. The second-order valence-electron chi connectivity index (χ2n) is 3.11. The predicted molar refractivity (Wildman–Crippen MR) is 58.2 cm³/mol. The lowest BCUT2D eigenvalue weighted by atomic mass is 10.2. The summed E-state index contributed by atoms with van der Waals surface area (Å²) in [5.41, 5.74) is 1.10. The van der Waals surface area contributed by atoms with Gasteiger partial charge in [-0.1, -0.05) is 30.3 Å². The van der Waals surface area contributed by atoms with Crippen molar-refractivity contribution in [1.29, 1.82) is 0 Å². The van der Waals surface area contributed by atoms with Crippen LogP contribution in [0.3, 0.4) is 0 Å². The molecule has 1 unspecified atom stereocenters. The molecule has 2 nitrogen and oxygen atoms in total. The summed E-state index contributed by atoms with van der Waals surface area (Å²) in [6.07, 6.45) is 1.31. The quantitative estimate of drug-likeness (QED) is 0.817. The summed E-state index contributed by atoms with van der Waals surface area (Å²) in [5.74, 6) is 0. The molecule has 14 heavy (non-hydrogen) atoms. The monoisotopic (exact) mass is 205 g/mol. The Labute approximate surface area is 86.9 Å². The fraction of sp³-hybridized carbons (Fsp3) is 0.182. The Kier molecular flexibility index (Phi) is 2.61. The van der Waals surface area contributed by atoms with Crippen LogP contribution in [0.4, 0.5) is 0 Å². The minimum absolute atomic E-state index is 0.426. The molecule has 0 saturated heterocycles. The highest BCUT2D eigenvalue weighted by molar-refractivity contribution is 7.15. The number of thiazole rings is 1. The summed E-state index contributed by atoms with van der Waals surface area (Å²) in [5, 5.41) is 10.3. The molecule has 0 radical (unpaired) electrons. The van der Waals surface area contributed by atoms with Crippen LogP contribution in [0.25, 0.3) is 10.6 Å². The van der Waals surface area contributed by atoms with Crippen LogP contribution in [-0.2, 0) is 0 Å². The van der Waals surface area contributed by atoms with Crippen molar-refractivity contribution in [3.63, 3.8) is 0 Å². The van der Waals surface area contributed by atoms with Crippen LogP contribution in [0.5, 0.6) is 0 Å². The summed E-state index contributed by atoms with van der Waals surface area (Å²) >= 11 is 1.53. The van der Waals surface area contributed by atoms with Crippen LogP contribution in [-0.4, -0.2) is 10.1 Å². The minimum Gasteiger partial charge on any atom is -0.388 e. The van der Waals surface area contributed by atoms with E-state index in [1.807, 2.05) is 30.3 Å². The summed E-state index contributed by atoms with van der Waals surface area (Å²) in [4.78, 5) is 5.17. The van der Waals surface area contributed by atoms with Gasteiger partial charge in [-0.3, -0.25) is 0 Å². The number of aliphatic hydroxyl groups excluding tert-OH is 1. The van der Waals surface area contributed by atoms with Gasteiger partial charge in [0.25, 0.3) is 0 Å². The second-order valence-corrected chi connectivity index (χ2v) is 4.17. The topological polar surface area (TPSA) is 33.1 Å². The molecule has 1 aromatic carbocycles. The van der Waals surface area contributed by atoms with Crippen LogP contribution >= 0.6 is 11.3 Å². The summed E-state index contributed by atoms with van der Waals surface area (Å²) < 4.78 is 0. The molecule has 72 valence electrons. The highest BCUT2D eigenvalue weighted by atomic mass is 32.1. The predicted octanol–water partition coefficient (Wildman–Crippen LogP) is 2.86. The Hall–Kier alpha value is -1.19. The fourth-order valence-corrected chi connectivity index (χ4v) is 2.05. The molecule has 0 aliphatic rings. The van der Waals surface area contributed by atoms with E-state index in [1.165, 1.54) is 11.3 Å². The van der Waals surface area contributed by atoms with Gasteiger partial charge in [-0.05, 0) is 6.92 Å². The molecule has 1 heterocycles. The third-order valence-corrected chi connectivity index (χ3v) is 3.17. The van der Waals surface area contributed by atoms with Gasteiger partial charge in [0.1, 0.15) is 5.01 Å². The SMILES string of the molecule is CC(O)c1cnc(-c2ccccc2)s1. The van der Waals surface area contributed by atoms with Crippen LogP contribution in [0.2, 0.25) is 0 Å². The number of benzene rings is 1. The number of aliphatic hydroxyl groups is 1. The first-order chi connectivity index (χ1) is 6.77. The summed E-state index contributed by atoms with van der Waals surface area (Å²) in [7, 11) is 0. The van der Waals surface area contributed by atoms with Crippen molar-refractivity contribution in [3.05, 3.63) is 41.4 Å². The Morgan fingerprint density at radius 3 is 2.57 bits per heavy atom. The first kappa shape index (κ1) is 9.37. The van der Waals surface area contributed by atoms with Crippen LogP contribution in [0.15, 0.2) is 36.5 Å². The number of hydrogen-bond acceptors (Lipinski definition) is 3. The Bertz CT molecular complexity index is 408. The Balaban J connectivity index is 2.34. The van der Waals surface area contributed by atoms with Crippen molar-refractivity contribution >= 4 is 11.3 Å². The first-order valence-electron chi connectivity index (χ1n) is 4.46. The third kappa shape index (κ3) is 1.84. The van der Waals surface area contributed by atoms with Gasteiger partial charge in [-0.25, -0.2) is 4.98 Å². The molecule has 0 fully saturated rings. The van der Waals surface area contributed by atoms with E-state index in [4.69, 9.17) is 0 Å². The zero-order chi connectivity index (χ0) is 9.97. The lowest BCUT2D eigenvalue weighted by Gasteiger charge is -1.96. The van der Waals surface area contributed by atoms with E-state index >= 15 is 0 Å². The van der Waals surface area contributed by atoms with E-state index in [0.29, 0.717) is 0 Å². The van der Waals surface area contributed by atoms with E-state index in [2.05, 4.69) is 4.98 Å². The summed E-state index contributed by atoms with van der Waals surface area (Å²) in [6.45, 7) is 1.75. The second kappa shape index (κ2) is 3.90. The van der Waals surface area contributed by atoms with Crippen LogP contribution in [0, 0.1) is 0 Å². The van der Waals surface area contributed by atoms with Crippen molar-refractivity contribution in [2.75, 3.05) is 0 Å². The van der Waals surface area contributed by atoms with Gasteiger partial charge in [-0.15, -0.1) is 11.3 Å². The van der Waals surface area contributed by atoms with Crippen molar-refractivity contribution in [3.8, 4) is 10.6 Å². The third-order valence-electron chi connectivity index (χ3n) is 1.96. The number of hydrogen-bond donors (Lipinski definition) is 1. The molecule has 0 amide bonds. The molecule has 0 aliphatic heterocycles. The van der Waals surface area contributed by atoms with Crippen molar-refractivity contribution in [2.45, 2.75) is 13.0 Å². The van der Waals surface area contributed by atoms with Crippen molar-refractivity contribution in [1.82, 2.24) is 4.98 Å². The molecule has 1 aromatic heterocycles. The zero-order valence-electron chi connectivity index (χ0n) is 7.84. The number of rotatable bonds is 2. The first-order valence-corrected chi connectivity index (χ1v) is 5.28. The van der Waals surface area contributed by atoms with Gasteiger partial charge in [0.2, 0.25) is 0 Å². The number of nitrogens with zero attached hydrogens (tertiary/aromatic N) is 1. The zero-order valence-corrected chi connectivity index (χ0v) is 8.66. The highest BCUT2D eigenvalue weighted by Gasteiger charge is 2.07. The molecule has 0 bridgehead atoms. The Morgan fingerprint density at radius 2 is 2.00 bits per heavy atom. The van der Waals surface area contributed by atoms with Gasteiger partial charge in [0.15, 0.2) is 0 Å². The van der Waals surface area contributed by atoms with Gasteiger partial charge < -0.3 is 5.11 Å². The van der Waals surface area contributed by atoms with Crippen LogP contribution in [0.1, 0.15) is 17.9 Å². The van der Waals surface area contributed by atoms with E-state index < -0.39 is 6.10 Å². The molecule has 1 atom stereocenters. The van der Waals surface area contributed by atoms with Crippen molar-refractivity contribution in [2.24, 2.45) is 0 Å². The standard InChI is InChI=1S/C11H11NOS/c1-8(13)10-7-12-11(14-10)9-5-3-2-4-6-9/h2-8,13H,1H3. The van der Waals surface area contributed by atoms with Crippen molar-refractivity contribution < 1.29 is 5.11 Å². The molecule has 1 N–H and O–H groups in total. The van der Waals surface area contributed by atoms with Gasteiger partial charge in [0, 0.05) is 11.8 Å². The molecule has 2 rings (SSSR count). The van der Waals surface area contributed by atoms with E-state index in [9.17, 15) is 5.11 Å². The summed E-state index contributed by atoms with van der Waals surface area (Å²) in [6, 6.07) is 9.99. The van der Waals surface area contributed by atoms with E-state index in [1.54, 1.807) is 13.1 Å². The fourth-order valence-electron chi connectivity index (χ4n) is 1.19. The lowest BCUT2D eigenvalue weighted by Crippen LogP contribution is -1.83. The molecule has 0 aliphatic carbocycles.